The maximum atomic E-state index is 12.7. The zero-order valence-electron chi connectivity index (χ0n) is 18.3. The fourth-order valence-electron chi connectivity index (χ4n) is 4.57. The number of nitrogens with zero attached hydrogens (tertiary/aromatic N) is 1. The summed E-state index contributed by atoms with van der Waals surface area (Å²) < 4.78 is 5.41. The molecule has 1 aliphatic carbocycles. The third-order valence-corrected chi connectivity index (χ3v) is 6.42. The Bertz CT molecular complexity index is 1280. The number of rotatable bonds is 6. The van der Waals surface area contributed by atoms with Gasteiger partial charge < -0.3 is 10.1 Å². The van der Waals surface area contributed by atoms with Crippen molar-refractivity contribution in [3.05, 3.63) is 95.8 Å². The van der Waals surface area contributed by atoms with Gasteiger partial charge in [-0.15, -0.1) is 0 Å². The number of aromatic nitrogens is 1. The minimum Gasteiger partial charge on any atom is -0.496 e. The highest BCUT2D eigenvalue weighted by Crippen LogP contribution is 2.47. The van der Waals surface area contributed by atoms with Gasteiger partial charge in [0.25, 0.3) is 0 Å². The minimum absolute atomic E-state index is 0.0725. The molecule has 4 nitrogen and oxygen atoms in total. The zero-order chi connectivity index (χ0) is 22.1. The lowest BCUT2D eigenvalue weighted by Crippen LogP contribution is -2.25. The molecule has 160 valence electrons. The van der Waals surface area contributed by atoms with Gasteiger partial charge in [0.05, 0.1) is 7.11 Å². The lowest BCUT2D eigenvalue weighted by atomic mass is 9.95. The average molecular weight is 423 g/mol. The van der Waals surface area contributed by atoms with Crippen LogP contribution in [-0.2, 0) is 11.3 Å². The molecule has 2 atom stereocenters. The Morgan fingerprint density at radius 2 is 1.91 bits per heavy atom. The molecule has 1 heterocycles. The molecule has 5 rings (SSSR count). The van der Waals surface area contributed by atoms with E-state index in [0.717, 1.165) is 45.2 Å². The number of benzene rings is 3. The van der Waals surface area contributed by atoms with Gasteiger partial charge in [0.15, 0.2) is 0 Å². The van der Waals surface area contributed by atoms with Crippen molar-refractivity contribution in [3.63, 3.8) is 0 Å². The third-order valence-electron chi connectivity index (χ3n) is 6.42. The van der Waals surface area contributed by atoms with E-state index in [0.29, 0.717) is 12.5 Å². The Hall–Kier alpha value is -3.66. The van der Waals surface area contributed by atoms with Crippen LogP contribution in [0, 0.1) is 12.8 Å². The van der Waals surface area contributed by atoms with Gasteiger partial charge >= 0.3 is 0 Å². The predicted molar refractivity (Wildman–Crippen MR) is 128 cm³/mol. The number of pyridine rings is 1. The molecule has 1 aliphatic rings. The molecule has 3 aromatic carbocycles. The lowest BCUT2D eigenvalue weighted by Gasteiger charge is -2.13. The molecule has 1 N–H and O–H groups in total. The number of ether oxygens (including phenoxy) is 1. The van der Waals surface area contributed by atoms with Gasteiger partial charge in [-0.2, -0.15) is 0 Å². The molecule has 32 heavy (non-hydrogen) atoms. The van der Waals surface area contributed by atoms with Gasteiger partial charge in [0.2, 0.25) is 5.91 Å². The highest BCUT2D eigenvalue weighted by atomic mass is 16.5. The summed E-state index contributed by atoms with van der Waals surface area (Å²) in [6.07, 6.45) is 4.63. The summed E-state index contributed by atoms with van der Waals surface area (Å²) in [5, 5.41) is 5.35. The summed E-state index contributed by atoms with van der Waals surface area (Å²) in [7, 11) is 1.69. The number of fused-ring (bicyclic) bond motifs is 1. The molecule has 0 radical (unpaired) electrons. The van der Waals surface area contributed by atoms with Crippen molar-refractivity contribution in [3.8, 4) is 16.9 Å². The van der Waals surface area contributed by atoms with Crippen LogP contribution >= 0.6 is 0 Å². The van der Waals surface area contributed by atoms with Crippen molar-refractivity contribution in [2.75, 3.05) is 7.11 Å². The normalized spacial score (nSPS) is 17.2. The second-order valence-corrected chi connectivity index (χ2v) is 8.46. The minimum atomic E-state index is 0.0725. The molecule has 0 saturated heterocycles. The van der Waals surface area contributed by atoms with Crippen LogP contribution in [0.25, 0.3) is 21.9 Å². The maximum Gasteiger partial charge on any atom is 0.224 e. The topological polar surface area (TPSA) is 51.2 Å². The van der Waals surface area contributed by atoms with Crippen LogP contribution in [-0.4, -0.2) is 18.0 Å². The number of carbonyl (C=O) groups excluding carboxylic acids is 1. The summed E-state index contributed by atoms with van der Waals surface area (Å²) in [6.45, 7) is 2.55. The molecule has 0 spiro atoms. The van der Waals surface area contributed by atoms with Gasteiger partial charge in [-0.25, -0.2) is 0 Å². The summed E-state index contributed by atoms with van der Waals surface area (Å²) in [5.74, 6) is 1.43. The van der Waals surface area contributed by atoms with Crippen LogP contribution in [0.2, 0.25) is 0 Å². The molecular weight excluding hydrogens is 396 g/mol. The van der Waals surface area contributed by atoms with E-state index in [4.69, 9.17) is 4.74 Å². The van der Waals surface area contributed by atoms with E-state index in [1.165, 1.54) is 5.56 Å². The van der Waals surface area contributed by atoms with Crippen molar-refractivity contribution in [1.29, 1.82) is 0 Å². The predicted octanol–water partition coefficient (Wildman–Crippen LogP) is 5.64. The number of carbonyl (C=O) groups is 1. The standard InChI is InChI=1S/C28H26N2O2/c1-18-14-20(9-11-27(18)32-2)22-10-8-21(26-17-29-13-12-23(22)26)16-30-28(31)25-15-24(25)19-6-4-3-5-7-19/h3-14,17,24-25H,15-16H2,1-2H3,(H,30,31)/t24-,25-/m0/s1. The fourth-order valence-corrected chi connectivity index (χ4v) is 4.57. The monoisotopic (exact) mass is 422 g/mol. The number of aryl methyl sites for hydroxylation is 1. The van der Waals surface area contributed by atoms with Crippen molar-refractivity contribution in [2.45, 2.75) is 25.8 Å². The quantitative estimate of drug-likeness (QED) is 0.438. The maximum absolute atomic E-state index is 12.7. The summed E-state index contributed by atoms with van der Waals surface area (Å²) in [5.41, 5.74) is 5.71. The molecule has 1 aromatic heterocycles. The highest BCUT2D eigenvalue weighted by molar-refractivity contribution is 5.98. The number of methoxy groups -OCH3 is 1. The number of hydrogen-bond acceptors (Lipinski definition) is 3. The van der Waals surface area contributed by atoms with Gasteiger partial charge in [0, 0.05) is 30.2 Å². The van der Waals surface area contributed by atoms with Crippen molar-refractivity contribution in [2.24, 2.45) is 5.92 Å². The van der Waals surface area contributed by atoms with E-state index < -0.39 is 0 Å². The number of amides is 1. The number of hydrogen-bond donors (Lipinski definition) is 1. The van der Waals surface area contributed by atoms with Crippen molar-refractivity contribution in [1.82, 2.24) is 10.3 Å². The van der Waals surface area contributed by atoms with Crippen LogP contribution in [0.15, 0.2) is 79.1 Å². The highest BCUT2D eigenvalue weighted by Gasteiger charge is 2.43. The van der Waals surface area contributed by atoms with Crippen LogP contribution in [0.1, 0.15) is 29.0 Å². The molecular formula is C28H26N2O2. The largest absolute Gasteiger partial charge is 0.496 e. The average Bonchev–Trinajstić information content (AvgIpc) is 3.64. The summed E-state index contributed by atoms with van der Waals surface area (Å²) >= 11 is 0. The van der Waals surface area contributed by atoms with E-state index in [-0.39, 0.29) is 11.8 Å². The van der Waals surface area contributed by atoms with E-state index >= 15 is 0 Å². The van der Waals surface area contributed by atoms with Gasteiger partial charge in [-0.3, -0.25) is 9.78 Å². The van der Waals surface area contributed by atoms with Gasteiger partial charge in [0.1, 0.15) is 5.75 Å². The molecule has 0 unspecified atom stereocenters. The third kappa shape index (κ3) is 3.84. The van der Waals surface area contributed by atoms with Crippen LogP contribution in [0.5, 0.6) is 5.75 Å². The lowest BCUT2D eigenvalue weighted by molar-refractivity contribution is -0.122. The Morgan fingerprint density at radius 1 is 1.06 bits per heavy atom. The van der Waals surface area contributed by atoms with Crippen molar-refractivity contribution >= 4 is 16.7 Å². The second-order valence-electron chi connectivity index (χ2n) is 8.46. The molecule has 1 saturated carbocycles. The summed E-state index contributed by atoms with van der Waals surface area (Å²) in [4.78, 5) is 17.1. The van der Waals surface area contributed by atoms with Crippen molar-refractivity contribution < 1.29 is 9.53 Å². The van der Waals surface area contributed by atoms with Crippen LogP contribution in [0.4, 0.5) is 0 Å². The zero-order valence-corrected chi connectivity index (χ0v) is 18.3. The SMILES string of the molecule is COc1ccc(-c2ccc(CNC(=O)[C@H]3C[C@H]3c3ccccc3)c3cnccc23)cc1C. The molecule has 0 bridgehead atoms. The van der Waals surface area contributed by atoms with E-state index in [1.807, 2.05) is 42.7 Å². The fraction of sp³-hybridized carbons (Fsp3) is 0.214. The second kappa shape index (κ2) is 8.46. The Labute approximate surface area is 188 Å². The molecule has 0 aliphatic heterocycles. The van der Waals surface area contributed by atoms with E-state index in [1.54, 1.807) is 7.11 Å². The van der Waals surface area contributed by atoms with Gasteiger partial charge in [-0.05, 0) is 70.7 Å². The summed E-state index contributed by atoms with van der Waals surface area (Å²) in [6, 6.07) is 22.8. The number of nitrogens with one attached hydrogen (secondary N) is 1. The van der Waals surface area contributed by atoms with Gasteiger partial charge in [-0.1, -0.05) is 48.5 Å². The molecule has 1 amide bonds. The first kappa shape index (κ1) is 20.3. The van der Waals surface area contributed by atoms with E-state index in [9.17, 15) is 4.79 Å². The molecule has 1 fully saturated rings. The Balaban J connectivity index is 1.36. The first-order chi connectivity index (χ1) is 15.7. The van der Waals surface area contributed by atoms with E-state index in [2.05, 4.69) is 53.6 Å². The Kier molecular flexibility index (Phi) is 5.36. The molecule has 4 heteroatoms. The van der Waals surface area contributed by atoms with Crippen LogP contribution < -0.4 is 10.1 Å². The first-order valence-corrected chi connectivity index (χ1v) is 11.0. The van der Waals surface area contributed by atoms with Crippen LogP contribution in [0.3, 0.4) is 0 Å². The Morgan fingerprint density at radius 3 is 2.69 bits per heavy atom. The smallest absolute Gasteiger partial charge is 0.224 e. The molecule has 4 aromatic rings. The first-order valence-electron chi connectivity index (χ1n) is 11.0.